The molecule has 0 aliphatic heterocycles. The molecule has 0 unspecified atom stereocenters. The second-order valence-corrected chi connectivity index (χ2v) is 5.02. The number of likely N-dealkylation sites (N-methyl/N-ethyl adjacent to an activating group) is 1. The molecule has 1 aliphatic carbocycles. The maximum atomic E-state index is 13.9. The highest BCUT2D eigenvalue weighted by Crippen LogP contribution is 2.40. The first kappa shape index (κ1) is 12.5. The van der Waals surface area contributed by atoms with E-state index in [2.05, 4.69) is 5.32 Å². The maximum Gasteiger partial charge on any atom is 0.127 e. The number of aliphatic hydroxyl groups excluding tert-OH is 1. The fourth-order valence-corrected chi connectivity index (χ4v) is 2.93. The molecular formula is C14H20FNO. The first-order chi connectivity index (χ1) is 8.18. The molecule has 0 aromatic heterocycles. The number of hydrogen-bond acceptors (Lipinski definition) is 2. The smallest absolute Gasteiger partial charge is 0.127 e. The summed E-state index contributed by atoms with van der Waals surface area (Å²) in [5.41, 5.74) is 0.639. The molecule has 1 fully saturated rings. The Bertz CT molecular complexity index is 372. The van der Waals surface area contributed by atoms with Crippen LogP contribution in [0, 0.1) is 5.82 Å². The average molecular weight is 237 g/mol. The molecule has 2 nitrogen and oxygen atoms in total. The summed E-state index contributed by atoms with van der Waals surface area (Å²) in [5, 5.41) is 12.8. The fourth-order valence-electron chi connectivity index (χ4n) is 2.93. The summed E-state index contributed by atoms with van der Waals surface area (Å²) in [6.07, 6.45) is 2.99. The van der Waals surface area contributed by atoms with E-state index in [0.717, 1.165) is 37.8 Å². The Balaban J connectivity index is 2.31. The Kier molecular flexibility index (Phi) is 3.79. The van der Waals surface area contributed by atoms with Crippen molar-refractivity contribution >= 4 is 0 Å². The van der Waals surface area contributed by atoms with E-state index in [0.29, 0.717) is 0 Å². The monoisotopic (exact) mass is 237 g/mol. The van der Waals surface area contributed by atoms with E-state index in [9.17, 15) is 9.50 Å². The van der Waals surface area contributed by atoms with Crippen molar-refractivity contribution in [2.45, 2.75) is 37.2 Å². The molecule has 0 saturated heterocycles. The lowest BCUT2D eigenvalue weighted by molar-refractivity contribution is 0.0940. The van der Waals surface area contributed by atoms with E-state index in [1.807, 2.05) is 19.2 Å². The zero-order valence-electron chi connectivity index (χ0n) is 10.2. The Labute approximate surface area is 102 Å². The number of nitrogens with one attached hydrogen (secondary N) is 1. The molecule has 1 saturated carbocycles. The Hall–Kier alpha value is -0.930. The molecule has 1 aromatic rings. The van der Waals surface area contributed by atoms with Crippen molar-refractivity contribution in [1.82, 2.24) is 5.32 Å². The predicted octanol–water partition coefficient (Wildman–Crippen LogP) is 2.22. The normalized spacial score (nSPS) is 29.2. The van der Waals surface area contributed by atoms with Crippen LogP contribution in [0.25, 0.3) is 0 Å². The third-order valence-electron chi connectivity index (χ3n) is 3.87. The van der Waals surface area contributed by atoms with Crippen LogP contribution in [-0.4, -0.2) is 24.8 Å². The zero-order chi connectivity index (χ0) is 12.3. The van der Waals surface area contributed by atoms with Crippen molar-refractivity contribution in [2.24, 2.45) is 0 Å². The quantitative estimate of drug-likeness (QED) is 0.845. The van der Waals surface area contributed by atoms with Crippen LogP contribution in [0.2, 0.25) is 0 Å². The van der Waals surface area contributed by atoms with Crippen LogP contribution in [0.3, 0.4) is 0 Å². The van der Waals surface area contributed by atoms with Gasteiger partial charge in [0, 0.05) is 12.0 Å². The topological polar surface area (TPSA) is 32.3 Å². The predicted molar refractivity (Wildman–Crippen MR) is 66.5 cm³/mol. The molecule has 1 aliphatic rings. The van der Waals surface area contributed by atoms with E-state index in [1.165, 1.54) is 6.07 Å². The van der Waals surface area contributed by atoms with Gasteiger partial charge in [-0.2, -0.15) is 0 Å². The van der Waals surface area contributed by atoms with Gasteiger partial charge < -0.3 is 10.4 Å². The Morgan fingerprint density at radius 2 is 2.00 bits per heavy atom. The molecule has 3 heteroatoms. The molecule has 2 rings (SSSR count). The average Bonchev–Trinajstić information content (AvgIpc) is 2.33. The van der Waals surface area contributed by atoms with Gasteiger partial charge in [-0.15, -0.1) is 0 Å². The molecule has 0 spiro atoms. The number of hydrogen-bond donors (Lipinski definition) is 2. The first-order valence-corrected chi connectivity index (χ1v) is 6.26. The second kappa shape index (κ2) is 5.15. The van der Waals surface area contributed by atoms with Crippen LogP contribution in [0.1, 0.15) is 31.2 Å². The number of rotatable bonds is 3. The summed E-state index contributed by atoms with van der Waals surface area (Å²) in [5.74, 6) is -0.126. The van der Waals surface area contributed by atoms with Crippen molar-refractivity contribution in [3.63, 3.8) is 0 Å². The molecule has 0 heterocycles. The highest BCUT2D eigenvalue weighted by Gasteiger charge is 2.37. The van der Waals surface area contributed by atoms with Gasteiger partial charge in [-0.05, 0) is 44.4 Å². The molecule has 0 bridgehead atoms. The third kappa shape index (κ3) is 2.50. The van der Waals surface area contributed by atoms with Gasteiger partial charge in [0.25, 0.3) is 0 Å². The lowest BCUT2D eigenvalue weighted by Crippen LogP contribution is -2.42. The molecule has 94 valence electrons. The molecule has 2 N–H and O–H groups in total. The van der Waals surface area contributed by atoms with Crippen LogP contribution in [0.15, 0.2) is 24.3 Å². The van der Waals surface area contributed by atoms with Crippen molar-refractivity contribution in [2.75, 3.05) is 13.6 Å². The third-order valence-corrected chi connectivity index (χ3v) is 3.87. The van der Waals surface area contributed by atoms with Gasteiger partial charge in [-0.3, -0.25) is 0 Å². The molecular weight excluding hydrogens is 217 g/mol. The van der Waals surface area contributed by atoms with Gasteiger partial charge in [-0.25, -0.2) is 4.39 Å². The fraction of sp³-hybridized carbons (Fsp3) is 0.571. The van der Waals surface area contributed by atoms with Crippen LogP contribution in [0.4, 0.5) is 4.39 Å². The summed E-state index contributed by atoms with van der Waals surface area (Å²) in [6.45, 7) is 0.765. The van der Waals surface area contributed by atoms with Gasteiger partial charge in [-0.1, -0.05) is 18.2 Å². The molecule has 0 radical (unpaired) electrons. The number of halogens is 1. The van der Waals surface area contributed by atoms with Crippen LogP contribution in [-0.2, 0) is 5.41 Å². The second-order valence-electron chi connectivity index (χ2n) is 5.02. The van der Waals surface area contributed by atoms with Crippen molar-refractivity contribution < 1.29 is 9.50 Å². The molecule has 1 aromatic carbocycles. The Morgan fingerprint density at radius 1 is 1.35 bits per heavy atom. The summed E-state index contributed by atoms with van der Waals surface area (Å²) < 4.78 is 13.9. The summed E-state index contributed by atoms with van der Waals surface area (Å²) in [7, 11) is 1.90. The van der Waals surface area contributed by atoms with E-state index < -0.39 is 0 Å². The molecule has 0 amide bonds. The minimum absolute atomic E-state index is 0.126. The van der Waals surface area contributed by atoms with Gasteiger partial charge in [0.15, 0.2) is 0 Å². The standard InChI is InChI=1S/C14H20FNO/c1-16-10-14(8-6-11(17)7-9-14)12-4-2-3-5-13(12)15/h2-5,11,16-17H,6-10H2,1H3. The zero-order valence-corrected chi connectivity index (χ0v) is 10.2. The highest BCUT2D eigenvalue weighted by atomic mass is 19.1. The van der Waals surface area contributed by atoms with E-state index in [-0.39, 0.29) is 17.3 Å². The highest BCUT2D eigenvalue weighted by molar-refractivity contribution is 5.28. The Morgan fingerprint density at radius 3 is 2.59 bits per heavy atom. The summed E-state index contributed by atoms with van der Waals surface area (Å²) in [6, 6.07) is 7.02. The summed E-state index contributed by atoms with van der Waals surface area (Å²) in [4.78, 5) is 0. The van der Waals surface area contributed by atoms with Crippen molar-refractivity contribution in [3.8, 4) is 0 Å². The molecule has 17 heavy (non-hydrogen) atoms. The van der Waals surface area contributed by atoms with Crippen molar-refractivity contribution in [3.05, 3.63) is 35.6 Å². The molecule has 0 atom stereocenters. The largest absolute Gasteiger partial charge is 0.393 e. The van der Waals surface area contributed by atoms with Crippen LogP contribution < -0.4 is 5.32 Å². The lowest BCUT2D eigenvalue weighted by Gasteiger charge is -2.39. The van der Waals surface area contributed by atoms with Gasteiger partial charge >= 0.3 is 0 Å². The summed E-state index contributed by atoms with van der Waals surface area (Å²) >= 11 is 0. The van der Waals surface area contributed by atoms with Gasteiger partial charge in [0.05, 0.1) is 6.10 Å². The van der Waals surface area contributed by atoms with Crippen LogP contribution >= 0.6 is 0 Å². The van der Waals surface area contributed by atoms with Crippen LogP contribution in [0.5, 0.6) is 0 Å². The minimum atomic E-state index is -0.216. The SMILES string of the molecule is CNCC1(c2ccccc2F)CCC(O)CC1. The van der Waals surface area contributed by atoms with E-state index in [1.54, 1.807) is 6.07 Å². The maximum absolute atomic E-state index is 13.9. The number of aliphatic hydroxyl groups is 1. The van der Waals surface area contributed by atoms with Gasteiger partial charge in [0.2, 0.25) is 0 Å². The van der Waals surface area contributed by atoms with Gasteiger partial charge in [0.1, 0.15) is 5.82 Å². The minimum Gasteiger partial charge on any atom is -0.393 e. The van der Waals surface area contributed by atoms with E-state index >= 15 is 0 Å². The first-order valence-electron chi connectivity index (χ1n) is 6.26. The number of benzene rings is 1. The van der Waals surface area contributed by atoms with E-state index in [4.69, 9.17) is 0 Å². The lowest BCUT2D eigenvalue weighted by atomic mass is 9.68. The van der Waals surface area contributed by atoms with Crippen molar-refractivity contribution in [1.29, 1.82) is 0 Å².